The molecule has 0 aromatic heterocycles. The van der Waals surface area contributed by atoms with Crippen LogP contribution in [0.1, 0.15) is 6.42 Å². The van der Waals surface area contributed by atoms with Crippen molar-refractivity contribution in [3.8, 4) is 0 Å². The first-order valence-electron chi connectivity index (χ1n) is 8.96. The molecule has 0 saturated carbocycles. The third-order valence-corrected chi connectivity index (χ3v) is 4.95. The number of carbonyl (C=O) groups is 1. The van der Waals surface area contributed by atoms with Gasteiger partial charge in [-0.25, -0.2) is 0 Å². The Hall–Kier alpha value is -2.54. The number of anilines is 2. The molecule has 6 nitrogen and oxygen atoms in total. The highest BCUT2D eigenvalue weighted by atomic mass is 79.9. The average molecular weight is 430 g/mol. The molecule has 2 aromatic carbocycles. The van der Waals surface area contributed by atoms with Crippen molar-refractivity contribution in [1.82, 2.24) is 10.6 Å². The molecular formula is C20H24BrN5O. The third-order valence-electron chi connectivity index (χ3n) is 4.42. The minimum absolute atomic E-state index is 0.105. The summed E-state index contributed by atoms with van der Waals surface area (Å²) < 4.78 is 1.08. The summed E-state index contributed by atoms with van der Waals surface area (Å²) >= 11 is 3.47. The Morgan fingerprint density at radius 1 is 1.19 bits per heavy atom. The van der Waals surface area contributed by atoms with E-state index in [2.05, 4.69) is 66.0 Å². The van der Waals surface area contributed by atoms with Gasteiger partial charge < -0.3 is 20.9 Å². The molecule has 3 N–H and O–H groups in total. The molecule has 1 heterocycles. The zero-order valence-corrected chi connectivity index (χ0v) is 16.9. The van der Waals surface area contributed by atoms with Gasteiger partial charge in [0, 0.05) is 42.0 Å². The normalized spacial score (nSPS) is 16.9. The number of nitrogens with zero attached hydrogens (tertiary/aromatic N) is 2. The molecule has 1 fully saturated rings. The number of rotatable bonds is 5. The number of guanidine groups is 1. The van der Waals surface area contributed by atoms with Crippen LogP contribution in [0.2, 0.25) is 0 Å². The summed E-state index contributed by atoms with van der Waals surface area (Å²) in [6.07, 6.45) is 1.02. The Morgan fingerprint density at radius 2 is 1.93 bits per heavy atom. The van der Waals surface area contributed by atoms with Crippen molar-refractivity contribution in [3.63, 3.8) is 0 Å². The number of carbonyl (C=O) groups excluding carboxylic acids is 1. The first-order chi connectivity index (χ1) is 13.1. The predicted octanol–water partition coefficient (Wildman–Crippen LogP) is 2.83. The van der Waals surface area contributed by atoms with Crippen LogP contribution in [0.25, 0.3) is 0 Å². The van der Waals surface area contributed by atoms with Crippen molar-refractivity contribution < 1.29 is 4.79 Å². The van der Waals surface area contributed by atoms with Crippen LogP contribution < -0.4 is 20.9 Å². The van der Waals surface area contributed by atoms with Crippen LogP contribution in [0, 0.1) is 0 Å². The van der Waals surface area contributed by atoms with Gasteiger partial charge in [0.1, 0.15) is 0 Å². The Morgan fingerprint density at radius 3 is 2.63 bits per heavy atom. The number of hydrogen-bond donors (Lipinski definition) is 3. The number of hydrogen-bond acceptors (Lipinski definition) is 3. The van der Waals surface area contributed by atoms with Gasteiger partial charge >= 0.3 is 0 Å². The van der Waals surface area contributed by atoms with Gasteiger partial charge in [-0.1, -0.05) is 34.1 Å². The maximum absolute atomic E-state index is 12.1. The maximum Gasteiger partial charge on any atom is 0.243 e. The fourth-order valence-electron chi connectivity index (χ4n) is 3.04. The molecule has 1 amide bonds. The highest BCUT2D eigenvalue weighted by Gasteiger charge is 2.23. The lowest BCUT2D eigenvalue weighted by Crippen LogP contribution is -2.46. The van der Waals surface area contributed by atoms with Crippen LogP contribution in [-0.4, -0.2) is 44.6 Å². The number of para-hydroxylation sites is 1. The van der Waals surface area contributed by atoms with Gasteiger partial charge in [0.2, 0.25) is 5.91 Å². The first-order valence-corrected chi connectivity index (χ1v) is 9.76. The standard InChI is InChI=1S/C20H24BrN5O/c1-22-20(23-13-19(27)24-16-5-3-2-4-6-16)25-17-11-12-26(14-17)18-9-7-15(21)8-10-18/h2-10,17H,11-14H2,1H3,(H,24,27)(H2,22,23,25). The summed E-state index contributed by atoms with van der Waals surface area (Å²) in [4.78, 5) is 18.6. The zero-order valence-electron chi connectivity index (χ0n) is 15.3. The Kier molecular flexibility index (Phi) is 6.70. The maximum atomic E-state index is 12.1. The Bertz CT molecular complexity index is 779. The Labute approximate surface area is 168 Å². The molecule has 1 saturated heterocycles. The van der Waals surface area contributed by atoms with Gasteiger partial charge in [-0.15, -0.1) is 0 Å². The predicted molar refractivity (Wildman–Crippen MR) is 114 cm³/mol. The number of benzene rings is 2. The molecule has 3 rings (SSSR count). The molecule has 27 heavy (non-hydrogen) atoms. The SMILES string of the molecule is CN=C(NCC(=O)Nc1ccccc1)NC1CCN(c2ccc(Br)cc2)C1. The topological polar surface area (TPSA) is 68.8 Å². The highest BCUT2D eigenvalue weighted by molar-refractivity contribution is 9.10. The van der Waals surface area contributed by atoms with Crippen molar-refractivity contribution in [2.24, 2.45) is 4.99 Å². The summed E-state index contributed by atoms with van der Waals surface area (Å²) in [5.74, 6) is 0.535. The lowest BCUT2D eigenvalue weighted by Gasteiger charge is -2.20. The summed E-state index contributed by atoms with van der Waals surface area (Å²) in [6.45, 7) is 2.06. The third kappa shape index (κ3) is 5.72. The lowest BCUT2D eigenvalue weighted by molar-refractivity contribution is -0.115. The quantitative estimate of drug-likeness (QED) is 0.504. The van der Waals surface area contributed by atoms with Crippen molar-refractivity contribution in [3.05, 3.63) is 59.1 Å². The Balaban J connectivity index is 1.45. The molecule has 1 aliphatic heterocycles. The van der Waals surface area contributed by atoms with Gasteiger partial charge in [0.25, 0.3) is 0 Å². The summed E-state index contributed by atoms with van der Waals surface area (Å²) in [5, 5.41) is 9.34. The van der Waals surface area contributed by atoms with Crippen LogP contribution in [0.15, 0.2) is 64.1 Å². The highest BCUT2D eigenvalue weighted by Crippen LogP contribution is 2.22. The number of nitrogens with one attached hydrogen (secondary N) is 3. The second-order valence-electron chi connectivity index (χ2n) is 6.39. The van der Waals surface area contributed by atoms with Crippen LogP contribution in [-0.2, 0) is 4.79 Å². The molecule has 0 radical (unpaired) electrons. The van der Waals surface area contributed by atoms with E-state index in [9.17, 15) is 4.79 Å². The molecule has 1 atom stereocenters. The second-order valence-corrected chi connectivity index (χ2v) is 7.31. The molecule has 1 unspecified atom stereocenters. The summed E-state index contributed by atoms with van der Waals surface area (Å²) in [6, 6.07) is 18.1. The van der Waals surface area contributed by atoms with E-state index in [0.717, 1.165) is 29.7 Å². The number of amides is 1. The van der Waals surface area contributed by atoms with E-state index in [1.54, 1.807) is 7.05 Å². The van der Waals surface area contributed by atoms with Crippen molar-refractivity contribution >= 4 is 39.2 Å². The molecule has 142 valence electrons. The zero-order chi connectivity index (χ0) is 19.1. The molecule has 7 heteroatoms. The van der Waals surface area contributed by atoms with E-state index in [1.165, 1.54) is 5.69 Å². The molecule has 0 aliphatic carbocycles. The fourth-order valence-corrected chi connectivity index (χ4v) is 3.31. The van der Waals surface area contributed by atoms with E-state index >= 15 is 0 Å². The van der Waals surface area contributed by atoms with E-state index in [-0.39, 0.29) is 18.5 Å². The smallest absolute Gasteiger partial charge is 0.243 e. The minimum Gasteiger partial charge on any atom is -0.369 e. The molecular weight excluding hydrogens is 406 g/mol. The van der Waals surface area contributed by atoms with Gasteiger partial charge in [-0.3, -0.25) is 9.79 Å². The van der Waals surface area contributed by atoms with Gasteiger partial charge in [0.15, 0.2) is 5.96 Å². The van der Waals surface area contributed by atoms with Crippen molar-refractivity contribution in [2.75, 3.05) is 36.9 Å². The van der Waals surface area contributed by atoms with Crippen LogP contribution in [0.5, 0.6) is 0 Å². The van der Waals surface area contributed by atoms with Crippen LogP contribution >= 0.6 is 15.9 Å². The summed E-state index contributed by atoms with van der Waals surface area (Å²) in [5.41, 5.74) is 2.00. The fraction of sp³-hybridized carbons (Fsp3) is 0.300. The molecule has 2 aromatic rings. The van der Waals surface area contributed by atoms with E-state index in [1.807, 2.05) is 30.3 Å². The van der Waals surface area contributed by atoms with Gasteiger partial charge in [-0.05, 0) is 42.8 Å². The lowest BCUT2D eigenvalue weighted by atomic mass is 10.3. The number of aliphatic imine (C=N–C) groups is 1. The second kappa shape index (κ2) is 9.41. The van der Waals surface area contributed by atoms with Crippen LogP contribution in [0.4, 0.5) is 11.4 Å². The average Bonchev–Trinajstić information content (AvgIpc) is 3.15. The van der Waals surface area contributed by atoms with Crippen molar-refractivity contribution in [2.45, 2.75) is 12.5 Å². The van der Waals surface area contributed by atoms with Gasteiger partial charge in [-0.2, -0.15) is 0 Å². The molecule has 0 bridgehead atoms. The largest absolute Gasteiger partial charge is 0.369 e. The number of halogens is 1. The molecule has 1 aliphatic rings. The van der Waals surface area contributed by atoms with Crippen molar-refractivity contribution in [1.29, 1.82) is 0 Å². The molecule has 0 spiro atoms. The van der Waals surface area contributed by atoms with E-state index < -0.39 is 0 Å². The van der Waals surface area contributed by atoms with E-state index in [0.29, 0.717) is 5.96 Å². The van der Waals surface area contributed by atoms with E-state index in [4.69, 9.17) is 0 Å². The monoisotopic (exact) mass is 429 g/mol. The minimum atomic E-state index is -0.105. The van der Waals surface area contributed by atoms with Gasteiger partial charge in [0.05, 0.1) is 6.54 Å². The first kappa shape index (κ1) is 19.2. The summed E-state index contributed by atoms with van der Waals surface area (Å²) in [7, 11) is 1.71. The van der Waals surface area contributed by atoms with Crippen LogP contribution in [0.3, 0.4) is 0 Å².